The summed E-state index contributed by atoms with van der Waals surface area (Å²) in [5.74, 6) is 0.486. The topological polar surface area (TPSA) is 25.4 Å². The van der Waals surface area contributed by atoms with Gasteiger partial charge in [-0.15, -0.1) is 0 Å². The molecule has 3 rings (SSSR count). The first kappa shape index (κ1) is 12.2. The Morgan fingerprint density at radius 3 is 2.79 bits per heavy atom. The third kappa shape index (κ3) is 2.79. The van der Waals surface area contributed by atoms with Crippen molar-refractivity contribution in [2.45, 2.75) is 19.5 Å². The number of hydrogen-bond donors (Lipinski definition) is 0. The van der Waals surface area contributed by atoms with Gasteiger partial charge in [0.25, 0.3) is 0 Å². The number of rotatable bonds is 3. The lowest BCUT2D eigenvalue weighted by atomic mass is 10.0. The third-order valence-corrected chi connectivity index (χ3v) is 3.48. The number of hydrogen-bond acceptors (Lipinski definition) is 3. The van der Waals surface area contributed by atoms with Gasteiger partial charge in [-0.2, -0.15) is 0 Å². The van der Waals surface area contributed by atoms with Crippen molar-refractivity contribution < 1.29 is 4.65 Å². The standard InChI is InChI=1S/C15H15BN2O/c16-19-15-7-6-13-8-9-18(11-14(13)17-15)10-12-4-2-1-3-5-12/h1-7H,8-11H2. The molecular formula is C15H15BN2O. The van der Waals surface area contributed by atoms with Crippen molar-refractivity contribution in [3.63, 3.8) is 0 Å². The van der Waals surface area contributed by atoms with Crippen LogP contribution >= 0.6 is 0 Å². The van der Waals surface area contributed by atoms with Gasteiger partial charge >= 0.3 is 8.05 Å². The molecule has 0 saturated heterocycles. The molecule has 1 aliphatic heterocycles. The molecule has 0 bridgehead atoms. The van der Waals surface area contributed by atoms with E-state index in [4.69, 9.17) is 12.7 Å². The van der Waals surface area contributed by atoms with Crippen LogP contribution in [0.5, 0.6) is 5.88 Å². The Labute approximate surface area is 114 Å². The van der Waals surface area contributed by atoms with Crippen LogP contribution in [0.1, 0.15) is 16.8 Å². The molecule has 2 aromatic rings. The fraction of sp³-hybridized carbons (Fsp3) is 0.267. The monoisotopic (exact) mass is 250 g/mol. The Kier molecular flexibility index (Phi) is 3.51. The highest BCUT2D eigenvalue weighted by atomic mass is 16.4. The maximum absolute atomic E-state index is 5.17. The molecule has 1 aliphatic rings. The Balaban J connectivity index is 1.74. The highest BCUT2D eigenvalue weighted by Gasteiger charge is 2.17. The molecule has 3 nitrogen and oxygen atoms in total. The summed E-state index contributed by atoms with van der Waals surface area (Å²) in [6, 6.07) is 14.4. The van der Waals surface area contributed by atoms with Gasteiger partial charge in [-0.3, -0.25) is 4.90 Å². The van der Waals surface area contributed by atoms with Gasteiger partial charge in [-0.25, -0.2) is 4.98 Å². The number of pyridine rings is 1. The van der Waals surface area contributed by atoms with Gasteiger partial charge in [-0.1, -0.05) is 36.4 Å². The molecule has 0 N–H and O–H groups in total. The molecule has 1 aromatic heterocycles. The van der Waals surface area contributed by atoms with Gasteiger partial charge in [0.1, 0.15) is 0 Å². The van der Waals surface area contributed by atoms with Crippen LogP contribution < -0.4 is 4.65 Å². The highest BCUT2D eigenvalue weighted by molar-refractivity contribution is 5.99. The number of benzene rings is 1. The molecule has 0 unspecified atom stereocenters. The summed E-state index contributed by atoms with van der Waals surface area (Å²) in [5, 5.41) is 0. The summed E-state index contributed by atoms with van der Waals surface area (Å²) in [4.78, 5) is 6.83. The van der Waals surface area contributed by atoms with E-state index in [-0.39, 0.29) is 0 Å². The lowest BCUT2D eigenvalue weighted by Gasteiger charge is -2.28. The molecule has 2 radical (unpaired) electrons. The first-order chi connectivity index (χ1) is 9.35. The van der Waals surface area contributed by atoms with Crippen LogP contribution in [0.2, 0.25) is 0 Å². The molecule has 19 heavy (non-hydrogen) atoms. The Bertz CT molecular complexity index is 559. The summed E-state index contributed by atoms with van der Waals surface area (Å²) in [7, 11) is 5.17. The van der Waals surface area contributed by atoms with Crippen LogP contribution in [0.3, 0.4) is 0 Å². The van der Waals surface area contributed by atoms with Crippen LogP contribution in [0.15, 0.2) is 42.5 Å². The Morgan fingerprint density at radius 2 is 2.00 bits per heavy atom. The SMILES string of the molecule is [B]Oc1ccc2c(n1)CN(Cc1ccccc1)CC2. The summed E-state index contributed by atoms with van der Waals surface area (Å²) in [6.45, 7) is 2.86. The zero-order chi connectivity index (χ0) is 13.1. The van der Waals surface area contributed by atoms with E-state index in [2.05, 4.69) is 40.2 Å². The van der Waals surface area contributed by atoms with Gasteiger partial charge in [0.2, 0.25) is 0 Å². The lowest BCUT2D eigenvalue weighted by Crippen LogP contribution is -2.30. The summed E-state index contributed by atoms with van der Waals surface area (Å²) < 4.78 is 4.70. The second-order valence-electron chi connectivity index (χ2n) is 4.82. The van der Waals surface area contributed by atoms with Crippen molar-refractivity contribution in [1.82, 2.24) is 9.88 Å². The molecule has 4 heteroatoms. The molecule has 0 amide bonds. The first-order valence-electron chi connectivity index (χ1n) is 6.47. The van der Waals surface area contributed by atoms with Crippen LogP contribution in [0.25, 0.3) is 0 Å². The van der Waals surface area contributed by atoms with Crippen LogP contribution in [-0.2, 0) is 19.5 Å². The van der Waals surface area contributed by atoms with Crippen molar-refractivity contribution in [3.05, 3.63) is 59.3 Å². The van der Waals surface area contributed by atoms with Gasteiger partial charge in [0.05, 0.1) is 5.69 Å². The zero-order valence-corrected chi connectivity index (χ0v) is 10.7. The Hall–Kier alpha value is -1.81. The van der Waals surface area contributed by atoms with E-state index < -0.39 is 0 Å². The van der Waals surface area contributed by atoms with Gasteiger partial charge < -0.3 is 4.65 Å². The van der Waals surface area contributed by atoms with Crippen molar-refractivity contribution in [3.8, 4) is 5.88 Å². The van der Waals surface area contributed by atoms with Crippen molar-refractivity contribution >= 4 is 8.05 Å². The molecule has 1 aromatic carbocycles. The third-order valence-electron chi connectivity index (χ3n) is 3.48. The quantitative estimate of drug-likeness (QED) is 0.780. The fourth-order valence-electron chi connectivity index (χ4n) is 2.49. The van der Waals surface area contributed by atoms with E-state index in [1.807, 2.05) is 12.1 Å². The largest absolute Gasteiger partial charge is 0.555 e. The minimum absolute atomic E-state index is 0.486. The molecule has 0 saturated carbocycles. The van der Waals surface area contributed by atoms with Crippen LogP contribution in [0, 0.1) is 0 Å². The van der Waals surface area contributed by atoms with E-state index in [0.29, 0.717) is 5.88 Å². The van der Waals surface area contributed by atoms with Crippen LogP contribution in [0.4, 0.5) is 0 Å². The van der Waals surface area contributed by atoms with E-state index in [1.54, 1.807) is 0 Å². The summed E-state index contributed by atoms with van der Waals surface area (Å²) in [6.07, 6.45) is 1.03. The molecule has 2 heterocycles. The van der Waals surface area contributed by atoms with Crippen LogP contribution in [-0.4, -0.2) is 24.5 Å². The number of fused-ring (bicyclic) bond motifs is 1. The van der Waals surface area contributed by atoms with E-state index in [0.717, 1.165) is 31.7 Å². The first-order valence-corrected chi connectivity index (χ1v) is 6.47. The second-order valence-corrected chi connectivity index (χ2v) is 4.82. The molecule has 94 valence electrons. The van der Waals surface area contributed by atoms with Gasteiger partial charge in [0.15, 0.2) is 5.88 Å². The van der Waals surface area contributed by atoms with Crippen molar-refractivity contribution in [1.29, 1.82) is 0 Å². The minimum atomic E-state index is 0.486. The van der Waals surface area contributed by atoms with Gasteiger partial charge in [0, 0.05) is 19.6 Å². The molecule has 0 atom stereocenters. The number of aromatic nitrogens is 1. The molecule has 0 fully saturated rings. The summed E-state index contributed by atoms with van der Waals surface area (Å²) >= 11 is 0. The Morgan fingerprint density at radius 1 is 1.16 bits per heavy atom. The fourth-order valence-corrected chi connectivity index (χ4v) is 2.49. The molecular weight excluding hydrogens is 235 g/mol. The minimum Gasteiger partial charge on any atom is -0.555 e. The maximum atomic E-state index is 5.17. The van der Waals surface area contributed by atoms with E-state index in [9.17, 15) is 0 Å². The van der Waals surface area contributed by atoms with E-state index >= 15 is 0 Å². The van der Waals surface area contributed by atoms with Crippen molar-refractivity contribution in [2.24, 2.45) is 0 Å². The van der Waals surface area contributed by atoms with E-state index in [1.165, 1.54) is 11.1 Å². The zero-order valence-electron chi connectivity index (χ0n) is 10.7. The lowest BCUT2D eigenvalue weighted by molar-refractivity contribution is 0.241. The number of nitrogens with zero attached hydrogens (tertiary/aromatic N) is 2. The maximum Gasteiger partial charge on any atom is 0.376 e. The molecule has 0 aliphatic carbocycles. The predicted molar refractivity (Wildman–Crippen MR) is 74.9 cm³/mol. The predicted octanol–water partition coefficient (Wildman–Crippen LogP) is 2.10. The van der Waals surface area contributed by atoms with Gasteiger partial charge in [-0.05, 0) is 23.6 Å². The highest BCUT2D eigenvalue weighted by Crippen LogP contribution is 2.21. The molecule has 0 spiro atoms. The second kappa shape index (κ2) is 5.45. The normalized spacial score (nSPS) is 14.9. The summed E-state index contributed by atoms with van der Waals surface area (Å²) in [5.41, 5.74) is 3.70. The average Bonchev–Trinajstić information content (AvgIpc) is 2.47. The smallest absolute Gasteiger partial charge is 0.376 e. The average molecular weight is 250 g/mol. The van der Waals surface area contributed by atoms with Crippen molar-refractivity contribution in [2.75, 3.05) is 6.54 Å².